The number of hydrogen-bond donors (Lipinski definition) is 0. The second kappa shape index (κ2) is 8.07. The Labute approximate surface area is 183 Å². The minimum absolute atomic E-state index is 0.0122. The average molecular weight is 469 g/mol. The second-order valence-corrected chi connectivity index (χ2v) is 9.02. The Bertz CT molecular complexity index is 1190. The quantitative estimate of drug-likeness (QED) is 0.455. The zero-order valence-electron chi connectivity index (χ0n) is 15.6. The Hall–Kier alpha value is -2.32. The van der Waals surface area contributed by atoms with Crippen molar-refractivity contribution >= 4 is 33.3 Å². The summed E-state index contributed by atoms with van der Waals surface area (Å²) >= 11 is 12.5. The molecule has 30 heavy (non-hydrogen) atoms. The molecular formula is C21H15Cl2FO5S. The molecule has 5 nitrogen and oxygen atoms in total. The highest BCUT2D eigenvalue weighted by atomic mass is 35.5. The normalized spacial score (nSPS) is 15.4. The topological polar surface area (TPSA) is 61.8 Å². The van der Waals surface area contributed by atoms with Gasteiger partial charge in [-0.2, -0.15) is 8.42 Å². The Morgan fingerprint density at radius 2 is 1.70 bits per heavy atom. The van der Waals surface area contributed by atoms with Crippen molar-refractivity contribution in [1.82, 2.24) is 0 Å². The Balaban J connectivity index is 1.57. The highest BCUT2D eigenvalue weighted by molar-refractivity contribution is 7.86. The molecule has 0 aromatic heterocycles. The molecule has 0 aliphatic carbocycles. The van der Waals surface area contributed by atoms with Gasteiger partial charge >= 0.3 is 0 Å². The maximum absolute atomic E-state index is 14.2. The smallest absolute Gasteiger partial charge is 0.297 e. The summed E-state index contributed by atoms with van der Waals surface area (Å²) in [6.45, 7) is 1.42. The van der Waals surface area contributed by atoms with E-state index in [-0.39, 0.29) is 16.4 Å². The fourth-order valence-electron chi connectivity index (χ4n) is 3.00. The van der Waals surface area contributed by atoms with E-state index in [0.29, 0.717) is 21.2 Å². The van der Waals surface area contributed by atoms with Crippen LogP contribution in [0, 0.1) is 12.7 Å². The molecule has 0 N–H and O–H groups in total. The summed E-state index contributed by atoms with van der Waals surface area (Å²) in [5.74, 6) is -0.285. The highest BCUT2D eigenvalue weighted by Crippen LogP contribution is 2.47. The number of rotatable bonds is 5. The standard InChI is InChI=1S/C21H15Cl2FO5S/c1-12-5-7-14(8-6-12)30(25,26)27-11-19-28-18-10-13(24)9-15(21(18)29-19)20-16(22)3-2-4-17(20)23/h2-10,19H,11H2,1H3. The monoisotopic (exact) mass is 468 g/mol. The molecule has 0 saturated carbocycles. The molecule has 156 valence electrons. The summed E-state index contributed by atoms with van der Waals surface area (Å²) in [6, 6.07) is 13.5. The molecule has 1 unspecified atom stereocenters. The first-order valence-electron chi connectivity index (χ1n) is 8.82. The van der Waals surface area contributed by atoms with E-state index in [9.17, 15) is 12.8 Å². The van der Waals surface area contributed by atoms with E-state index in [0.717, 1.165) is 11.6 Å². The van der Waals surface area contributed by atoms with E-state index >= 15 is 0 Å². The van der Waals surface area contributed by atoms with Gasteiger partial charge in [-0.1, -0.05) is 47.0 Å². The van der Waals surface area contributed by atoms with Crippen molar-refractivity contribution < 1.29 is 26.5 Å². The van der Waals surface area contributed by atoms with E-state index in [4.69, 9.17) is 36.9 Å². The van der Waals surface area contributed by atoms with Gasteiger partial charge in [0.05, 0.1) is 14.9 Å². The Morgan fingerprint density at radius 1 is 1.03 bits per heavy atom. The molecule has 0 bridgehead atoms. The molecule has 4 rings (SSSR count). The maximum Gasteiger partial charge on any atom is 0.297 e. The van der Waals surface area contributed by atoms with Gasteiger partial charge in [-0.25, -0.2) is 4.39 Å². The average Bonchev–Trinajstić information content (AvgIpc) is 3.09. The minimum atomic E-state index is -4.01. The van der Waals surface area contributed by atoms with Crippen LogP contribution in [0.3, 0.4) is 0 Å². The summed E-state index contributed by atoms with van der Waals surface area (Å²) in [5.41, 5.74) is 1.60. The second-order valence-electron chi connectivity index (χ2n) is 6.59. The molecule has 0 spiro atoms. The van der Waals surface area contributed by atoms with Gasteiger partial charge in [0.2, 0.25) is 0 Å². The van der Waals surface area contributed by atoms with Gasteiger partial charge in [0.15, 0.2) is 11.5 Å². The number of fused-ring (bicyclic) bond motifs is 1. The third-order valence-corrected chi connectivity index (χ3v) is 6.35. The van der Waals surface area contributed by atoms with Crippen molar-refractivity contribution in [3.8, 4) is 22.6 Å². The van der Waals surface area contributed by atoms with E-state index in [1.54, 1.807) is 30.3 Å². The molecular weight excluding hydrogens is 454 g/mol. The number of benzene rings is 3. The fraction of sp³-hybridized carbons (Fsp3) is 0.143. The molecule has 0 saturated heterocycles. The van der Waals surface area contributed by atoms with E-state index in [1.165, 1.54) is 18.2 Å². The van der Waals surface area contributed by atoms with Crippen molar-refractivity contribution in [3.05, 3.63) is 76.0 Å². The number of ether oxygens (including phenoxy) is 2. The van der Waals surface area contributed by atoms with Gasteiger partial charge in [-0.05, 0) is 37.3 Å². The van der Waals surface area contributed by atoms with Crippen molar-refractivity contribution in [3.63, 3.8) is 0 Å². The van der Waals surface area contributed by atoms with Crippen LogP contribution >= 0.6 is 23.2 Å². The predicted octanol–water partition coefficient (Wildman–Crippen LogP) is 5.61. The van der Waals surface area contributed by atoms with Gasteiger partial charge < -0.3 is 9.47 Å². The highest BCUT2D eigenvalue weighted by Gasteiger charge is 2.31. The zero-order chi connectivity index (χ0) is 21.5. The number of hydrogen-bond acceptors (Lipinski definition) is 5. The van der Waals surface area contributed by atoms with Gasteiger partial charge in [0, 0.05) is 17.2 Å². The molecule has 0 amide bonds. The summed E-state index contributed by atoms with van der Waals surface area (Å²) in [4.78, 5) is 0.0122. The molecule has 1 aliphatic rings. The molecule has 1 aliphatic heterocycles. The lowest BCUT2D eigenvalue weighted by atomic mass is 10.0. The predicted molar refractivity (Wildman–Crippen MR) is 111 cm³/mol. The van der Waals surface area contributed by atoms with Crippen LogP contribution in [0.5, 0.6) is 11.5 Å². The summed E-state index contributed by atoms with van der Waals surface area (Å²) in [6.07, 6.45) is -1.10. The maximum atomic E-state index is 14.2. The Kier molecular flexibility index (Phi) is 5.63. The lowest BCUT2D eigenvalue weighted by molar-refractivity contribution is 0.00988. The van der Waals surface area contributed by atoms with E-state index in [2.05, 4.69) is 0 Å². The molecule has 1 heterocycles. The zero-order valence-corrected chi connectivity index (χ0v) is 17.9. The van der Waals surface area contributed by atoms with Crippen molar-refractivity contribution in [2.75, 3.05) is 6.61 Å². The first-order valence-corrected chi connectivity index (χ1v) is 11.0. The SMILES string of the molecule is Cc1ccc(S(=O)(=O)OCC2Oc3cc(F)cc(-c4c(Cl)cccc4Cl)c3O2)cc1. The summed E-state index contributed by atoms with van der Waals surface area (Å²) in [5, 5.41) is 0.612. The van der Waals surface area contributed by atoms with Crippen molar-refractivity contribution in [2.24, 2.45) is 0 Å². The van der Waals surface area contributed by atoms with Crippen LogP contribution in [0.4, 0.5) is 4.39 Å². The van der Waals surface area contributed by atoms with Crippen LogP contribution in [0.15, 0.2) is 59.5 Å². The van der Waals surface area contributed by atoms with E-state index in [1.807, 2.05) is 6.92 Å². The molecule has 1 atom stereocenters. The van der Waals surface area contributed by atoms with Crippen LogP contribution in [0.2, 0.25) is 10.0 Å². The molecule has 0 fully saturated rings. The van der Waals surface area contributed by atoms with Crippen molar-refractivity contribution in [2.45, 2.75) is 18.1 Å². The van der Waals surface area contributed by atoms with Crippen LogP contribution in [0.25, 0.3) is 11.1 Å². The third-order valence-electron chi connectivity index (χ3n) is 4.43. The van der Waals surface area contributed by atoms with Gasteiger partial charge in [0.25, 0.3) is 16.4 Å². The van der Waals surface area contributed by atoms with Crippen molar-refractivity contribution in [1.29, 1.82) is 0 Å². The van der Waals surface area contributed by atoms with Crippen LogP contribution in [-0.4, -0.2) is 21.3 Å². The first-order chi connectivity index (χ1) is 14.2. The number of aryl methyl sites for hydroxylation is 1. The molecule has 3 aromatic carbocycles. The Morgan fingerprint density at radius 3 is 2.37 bits per heavy atom. The first kappa shape index (κ1) is 20.9. The van der Waals surface area contributed by atoms with E-state index < -0.39 is 28.8 Å². The fourth-order valence-corrected chi connectivity index (χ4v) is 4.50. The van der Waals surface area contributed by atoms with Crippen LogP contribution in [0.1, 0.15) is 5.56 Å². The lowest BCUT2D eigenvalue weighted by Crippen LogP contribution is -2.26. The summed E-state index contributed by atoms with van der Waals surface area (Å²) < 4.78 is 55.3. The van der Waals surface area contributed by atoms with Gasteiger partial charge in [0.1, 0.15) is 12.4 Å². The largest absolute Gasteiger partial charge is 0.448 e. The van der Waals surface area contributed by atoms with Crippen LogP contribution < -0.4 is 9.47 Å². The minimum Gasteiger partial charge on any atom is -0.448 e. The molecule has 0 radical (unpaired) electrons. The van der Waals surface area contributed by atoms with Gasteiger partial charge in [-0.15, -0.1) is 0 Å². The third kappa shape index (κ3) is 4.11. The summed E-state index contributed by atoms with van der Waals surface area (Å²) in [7, 11) is -4.01. The van der Waals surface area contributed by atoms with Gasteiger partial charge in [-0.3, -0.25) is 4.18 Å². The number of halogens is 3. The molecule has 9 heteroatoms. The lowest BCUT2D eigenvalue weighted by Gasteiger charge is -2.12. The molecule has 3 aromatic rings. The van der Waals surface area contributed by atoms with Crippen LogP contribution in [-0.2, 0) is 14.3 Å².